The first-order valence-electron chi connectivity index (χ1n) is 9.83. The second-order valence-corrected chi connectivity index (χ2v) is 7.24. The zero-order chi connectivity index (χ0) is 23.6. The zero-order valence-electron chi connectivity index (χ0n) is 17.0. The monoisotopic (exact) mass is 459 g/mol. The molecule has 0 aliphatic heterocycles. The first-order valence-corrected chi connectivity index (χ1v) is 9.83. The Morgan fingerprint density at radius 3 is 2.55 bits per heavy atom. The summed E-state index contributed by atoms with van der Waals surface area (Å²) in [6.07, 6.45) is -1.77. The van der Waals surface area contributed by atoms with Crippen molar-refractivity contribution >= 4 is 16.9 Å². The maximum Gasteiger partial charge on any atom is 0.416 e. The lowest BCUT2D eigenvalue weighted by Gasteiger charge is -2.09. The quantitative estimate of drug-likeness (QED) is 0.449. The van der Waals surface area contributed by atoms with Crippen molar-refractivity contribution in [3.05, 3.63) is 93.9 Å². The van der Waals surface area contributed by atoms with E-state index in [1.54, 1.807) is 12.1 Å². The molecule has 0 atom stereocenters. The van der Waals surface area contributed by atoms with Gasteiger partial charge in [-0.05, 0) is 42.0 Å². The van der Waals surface area contributed by atoms with Gasteiger partial charge in [0.15, 0.2) is 5.65 Å². The molecule has 0 spiro atoms. The predicted molar refractivity (Wildman–Crippen MR) is 111 cm³/mol. The molecule has 4 rings (SSSR count). The van der Waals surface area contributed by atoms with Gasteiger partial charge in [-0.2, -0.15) is 18.3 Å². The lowest BCUT2D eigenvalue weighted by Crippen LogP contribution is -2.28. The highest BCUT2D eigenvalue weighted by atomic mass is 19.4. The predicted octanol–water partition coefficient (Wildman–Crippen LogP) is 3.23. The molecule has 0 radical (unpaired) electrons. The minimum absolute atomic E-state index is 0.0895. The number of fused-ring (bicyclic) bond motifs is 1. The van der Waals surface area contributed by atoms with Crippen LogP contribution in [0.3, 0.4) is 0 Å². The van der Waals surface area contributed by atoms with Gasteiger partial charge in [-0.3, -0.25) is 14.2 Å². The topological polar surface area (TPSA) is 81.8 Å². The van der Waals surface area contributed by atoms with Crippen molar-refractivity contribution in [3.63, 3.8) is 0 Å². The van der Waals surface area contributed by atoms with Crippen molar-refractivity contribution < 1.29 is 22.4 Å². The van der Waals surface area contributed by atoms with Gasteiger partial charge in [-0.1, -0.05) is 12.1 Å². The smallest absolute Gasteiger partial charge is 0.350 e. The highest BCUT2D eigenvalue weighted by molar-refractivity contribution is 5.94. The number of aromatic nitrogens is 4. The van der Waals surface area contributed by atoms with Crippen LogP contribution in [-0.4, -0.2) is 31.8 Å². The number of carbonyl (C=O) groups is 1. The Morgan fingerprint density at radius 2 is 1.85 bits per heavy atom. The number of nitrogens with one attached hydrogen (secondary N) is 1. The number of hydrogen-bond acceptors (Lipinski definition) is 4. The van der Waals surface area contributed by atoms with E-state index >= 15 is 0 Å². The van der Waals surface area contributed by atoms with Crippen molar-refractivity contribution in [2.24, 2.45) is 0 Å². The number of carbonyl (C=O) groups excluding carboxylic acids is 1. The van der Waals surface area contributed by atoms with Crippen molar-refractivity contribution in [3.8, 4) is 0 Å². The fourth-order valence-corrected chi connectivity index (χ4v) is 3.29. The fraction of sp³-hybridized carbons (Fsp3) is 0.182. The molecular formula is C22H17F4N5O2. The van der Waals surface area contributed by atoms with Gasteiger partial charge in [0.1, 0.15) is 17.5 Å². The summed E-state index contributed by atoms with van der Waals surface area (Å²) in [5, 5.41) is 6.99. The third kappa shape index (κ3) is 4.92. The Bertz CT molecular complexity index is 1360. The number of amides is 1. The maximum atomic E-state index is 13.4. The Hall–Kier alpha value is -4.02. The number of benzene rings is 2. The third-order valence-corrected chi connectivity index (χ3v) is 4.95. The second kappa shape index (κ2) is 8.85. The Morgan fingerprint density at radius 1 is 1.09 bits per heavy atom. The van der Waals surface area contributed by atoms with E-state index in [4.69, 9.17) is 0 Å². The van der Waals surface area contributed by atoms with Crippen LogP contribution in [0.15, 0.2) is 65.8 Å². The lowest BCUT2D eigenvalue weighted by molar-refractivity contribution is -0.137. The van der Waals surface area contributed by atoms with Gasteiger partial charge >= 0.3 is 6.18 Å². The average Bonchev–Trinajstić information content (AvgIpc) is 3.19. The number of nitrogens with zero attached hydrogens (tertiary/aromatic N) is 4. The van der Waals surface area contributed by atoms with E-state index in [0.29, 0.717) is 11.2 Å². The Kier molecular flexibility index (Phi) is 5.95. The molecule has 1 amide bonds. The molecule has 0 saturated heterocycles. The molecule has 0 fully saturated rings. The SMILES string of the molecule is O=C(NCCn1ncc2c(=O)n(Cc3cccc(F)c3)cnc21)c1ccc(C(F)(F)F)cc1. The highest BCUT2D eigenvalue weighted by Crippen LogP contribution is 2.29. The Balaban J connectivity index is 1.41. The molecule has 170 valence electrons. The van der Waals surface area contributed by atoms with Gasteiger partial charge in [0.2, 0.25) is 0 Å². The van der Waals surface area contributed by atoms with Crippen molar-refractivity contribution in [1.29, 1.82) is 0 Å². The molecule has 0 bridgehead atoms. The van der Waals surface area contributed by atoms with Crippen molar-refractivity contribution in [2.45, 2.75) is 19.3 Å². The van der Waals surface area contributed by atoms with Gasteiger partial charge in [0, 0.05) is 12.1 Å². The molecule has 33 heavy (non-hydrogen) atoms. The second-order valence-electron chi connectivity index (χ2n) is 7.24. The summed E-state index contributed by atoms with van der Waals surface area (Å²) in [6, 6.07) is 9.78. The van der Waals surface area contributed by atoms with E-state index in [0.717, 1.165) is 24.3 Å². The number of halogens is 4. The van der Waals surface area contributed by atoms with E-state index in [2.05, 4.69) is 15.4 Å². The minimum Gasteiger partial charge on any atom is -0.350 e. The van der Waals surface area contributed by atoms with Crippen LogP contribution in [0.2, 0.25) is 0 Å². The van der Waals surface area contributed by atoms with Crippen molar-refractivity contribution in [1.82, 2.24) is 24.6 Å². The average molecular weight is 459 g/mol. The van der Waals surface area contributed by atoms with E-state index in [1.165, 1.54) is 33.9 Å². The molecule has 0 saturated carbocycles. The first-order chi connectivity index (χ1) is 15.7. The van der Waals surface area contributed by atoms with Crippen LogP contribution >= 0.6 is 0 Å². The fourth-order valence-electron chi connectivity index (χ4n) is 3.29. The number of rotatable bonds is 6. The van der Waals surface area contributed by atoms with Crippen molar-refractivity contribution in [2.75, 3.05) is 6.54 Å². The lowest BCUT2D eigenvalue weighted by atomic mass is 10.1. The molecular weight excluding hydrogens is 442 g/mol. The highest BCUT2D eigenvalue weighted by Gasteiger charge is 2.30. The normalized spacial score (nSPS) is 11.6. The molecule has 0 unspecified atom stereocenters. The summed E-state index contributed by atoms with van der Waals surface area (Å²) >= 11 is 0. The summed E-state index contributed by atoms with van der Waals surface area (Å²) in [5.41, 5.74) is -0.164. The van der Waals surface area contributed by atoms with Gasteiger partial charge in [-0.15, -0.1) is 0 Å². The molecule has 2 aromatic carbocycles. The van der Waals surface area contributed by atoms with E-state index in [-0.39, 0.29) is 36.1 Å². The summed E-state index contributed by atoms with van der Waals surface area (Å²) in [7, 11) is 0. The van der Waals surface area contributed by atoms with Crippen LogP contribution in [0.5, 0.6) is 0 Å². The largest absolute Gasteiger partial charge is 0.416 e. The maximum absolute atomic E-state index is 13.4. The van der Waals surface area contributed by atoms with E-state index < -0.39 is 23.5 Å². The minimum atomic E-state index is -4.47. The van der Waals surface area contributed by atoms with Gasteiger partial charge in [-0.25, -0.2) is 14.1 Å². The molecule has 0 aliphatic carbocycles. The summed E-state index contributed by atoms with van der Waals surface area (Å²) < 4.78 is 54.1. The molecule has 2 heterocycles. The van der Waals surface area contributed by atoms with Crippen LogP contribution in [0, 0.1) is 5.82 Å². The zero-order valence-corrected chi connectivity index (χ0v) is 17.0. The molecule has 1 N–H and O–H groups in total. The molecule has 2 aromatic heterocycles. The van der Waals surface area contributed by atoms with Crippen LogP contribution in [-0.2, 0) is 19.3 Å². The van der Waals surface area contributed by atoms with Gasteiger partial charge in [0.25, 0.3) is 11.5 Å². The summed E-state index contributed by atoms with van der Waals surface area (Å²) in [5.74, 6) is -0.939. The van der Waals surface area contributed by atoms with Crippen LogP contribution in [0.4, 0.5) is 17.6 Å². The standard InChI is InChI=1S/C22H17F4N5O2/c23-17-3-1-2-14(10-17)12-30-13-28-19-18(21(30)33)11-29-31(19)9-8-27-20(32)15-4-6-16(7-5-15)22(24,25)26/h1-7,10-11,13H,8-9,12H2,(H,27,32). The molecule has 4 aromatic rings. The first kappa shape index (κ1) is 22.2. The van der Waals surface area contributed by atoms with Crippen LogP contribution in [0.25, 0.3) is 11.0 Å². The van der Waals surface area contributed by atoms with E-state index in [1.807, 2.05) is 0 Å². The molecule has 7 nitrogen and oxygen atoms in total. The number of hydrogen-bond donors (Lipinski definition) is 1. The number of alkyl halides is 3. The molecule has 0 aliphatic rings. The van der Waals surface area contributed by atoms with Gasteiger partial charge in [0.05, 0.1) is 24.8 Å². The van der Waals surface area contributed by atoms with Crippen LogP contribution in [0.1, 0.15) is 21.5 Å². The summed E-state index contributed by atoms with van der Waals surface area (Å²) in [4.78, 5) is 29.2. The van der Waals surface area contributed by atoms with E-state index in [9.17, 15) is 27.2 Å². The summed E-state index contributed by atoms with van der Waals surface area (Å²) in [6.45, 7) is 0.453. The van der Waals surface area contributed by atoms with Crippen LogP contribution < -0.4 is 10.9 Å². The van der Waals surface area contributed by atoms with Gasteiger partial charge < -0.3 is 5.32 Å². The third-order valence-electron chi connectivity index (χ3n) is 4.95. The molecule has 11 heteroatoms. The Labute approximate surface area is 184 Å².